The molecule has 2 aromatic rings. The van der Waals surface area contributed by atoms with Crippen molar-refractivity contribution in [2.24, 2.45) is 0 Å². The molecule has 4 rings (SSSR count). The second-order valence-electron chi connectivity index (χ2n) is 10.4. The van der Waals surface area contributed by atoms with E-state index in [-0.39, 0.29) is 36.9 Å². The topological polar surface area (TPSA) is 133 Å². The third-order valence-corrected chi connectivity index (χ3v) is 11.1. The fraction of sp³-hybridized carbons (Fsp3) is 0.467. The molecule has 2 saturated heterocycles. The van der Waals surface area contributed by atoms with Gasteiger partial charge in [-0.2, -0.15) is 0 Å². The molecule has 0 spiro atoms. The number of morpholine rings is 2. The molecule has 0 saturated carbocycles. The molecule has 0 aromatic heterocycles. The molecule has 0 radical (unpaired) electrons. The van der Waals surface area contributed by atoms with E-state index < -0.39 is 17.9 Å². The van der Waals surface area contributed by atoms with E-state index in [0.717, 1.165) is 29.7 Å². The lowest BCUT2D eigenvalue weighted by molar-refractivity contribution is -0.132. The highest BCUT2D eigenvalue weighted by Crippen LogP contribution is 2.33. The van der Waals surface area contributed by atoms with Crippen molar-refractivity contribution in [2.45, 2.75) is 13.3 Å². The summed E-state index contributed by atoms with van der Waals surface area (Å²) in [5, 5.41) is 2.93. The summed E-state index contributed by atoms with van der Waals surface area (Å²) in [5.41, 5.74) is 1.52. The molecule has 2 aromatic carbocycles. The van der Waals surface area contributed by atoms with Crippen LogP contribution in [0.4, 0.5) is 5.69 Å². The third kappa shape index (κ3) is 11.1. The summed E-state index contributed by atoms with van der Waals surface area (Å²) in [6, 6.07) is 4.84. The van der Waals surface area contributed by atoms with Gasteiger partial charge in [0, 0.05) is 53.3 Å². The number of halogens is 4. The van der Waals surface area contributed by atoms with Crippen LogP contribution in [-0.2, 0) is 35.0 Å². The van der Waals surface area contributed by atoms with E-state index >= 15 is 0 Å². The number of amides is 1. The fourth-order valence-corrected chi connectivity index (χ4v) is 9.41. The zero-order chi connectivity index (χ0) is 33.2. The van der Waals surface area contributed by atoms with E-state index in [0.29, 0.717) is 67.0 Å². The first-order valence-corrected chi connectivity index (χ1v) is 18.8. The number of nitrogens with zero attached hydrogens (tertiary/aromatic N) is 2. The number of esters is 3. The summed E-state index contributed by atoms with van der Waals surface area (Å²) in [6.07, 6.45) is -0.126. The Hall–Kier alpha value is -0.920. The lowest BCUT2D eigenvalue weighted by Crippen LogP contribution is -2.38. The van der Waals surface area contributed by atoms with Crippen LogP contribution in [0.5, 0.6) is 5.75 Å². The van der Waals surface area contributed by atoms with Crippen molar-refractivity contribution in [1.82, 2.24) is 9.80 Å². The maximum Gasteiger partial charge on any atom is 0.340 e. The molecule has 46 heavy (non-hydrogen) atoms. The van der Waals surface area contributed by atoms with Crippen molar-refractivity contribution in [2.75, 3.05) is 84.2 Å². The van der Waals surface area contributed by atoms with E-state index in [1.165, 1.54) is 13.0 Å². The molecular formula is C30H33I4N3O9. The molecule has 12 nitrogen and oxygen atoms in total. The van der Waals surface area contributed by atoms with Crippen LogP contribution < -0.4 is 10.1 Å². The van der Waals surface area contributed by atoms with Crippen LogP contribution in [0.25, 0.3) is 0 Å². The summed E-state index contributed by atoms with van der Waals surface area (Å²) < 4.78 is 29.7. The Morgan fingerprint density at radius 2 is 1.35 bits per heavy atom. The van der Waals surface area contributed by atoms with Gasteiger partial charge in [0.05, 0.1) is 56.8 Å². The van der Waals surface area contributed by atoms with Crippen molar-refractivity contribution in [3.63, 3.8) is 0 Å². The van der Waals surface area contributed by atoms with Crippen LogP contribution in [0, 0.1) is 14.3 Å². The SMILES string of the molecule is CC(=O)Oc1cc(C(=O)OCCN2CCOCC2)cc(CC(=O)Nc2c(I)cc(I)c(C(=O)OCCN3CCOCC3)c2I)c1I. The van der Waals surface area contributed by atoms with Gasteiger partial charge < -0.3 is 29.0 Å². The average molecular weight is 1090 g/mol. The van der Waals surface area contributed by atoms with E-state index in [2.05, 4.69) is 82.9 Å². The van der Waals surface area contributed by atoms with Crippen molar-refractivity contribution >= 4 is 120 Å². The Bertz CT molecular complexity index is 1450. The van der Waals surface area contributed by atoms with Gasteiger partial charge in [0.2, 0.25) is 5.91 Å². The number of hydrogen-bond acceptors (Lipinski definition) is 11. The highest BCUT2D eigenvalue weighted by Gasteiger charge is 2.24. The van der Waals surface area contributed by atoms with Gasteiger partial charge in [0.1, 0.15) is 19.0 Å². The number of benzene rings is 2. The number of rotatable bonds is 12. The smallest absolute Gasteiger partial charge is 0.340 e. The molecule has 1 N–H and O–H groups in total. The van der Waals surface area contributed by atoms with Gasteiger partial charge in [0.25, 0.3) is 0 Å². The summed E-state index contributed by atoms with van der Waals surface area (Å²) in [7, 11) is 0. The zero-order valence-electron chi connectivity index (χ0n) is 25.0. The molecule has 2 heterocycles. The molecule has 2 aliphatic rings. The average Bonchev–Trinajstić information content (AvgIpc) is 3.01. The molecule has 16 heteroatoms. The lowest BCUT2D eigenvalue weighted by Gasteiger charge is -2.26. The first kappa shape index (κ1) is 37.9. The molecule has 0 aliphatic carbocycles. The van der Waals surface area contributed by atoms with E-state index in [9.17, 15) is 19.2 Å². The van der Waals surface area contributed by atoms with E-state index in [1.54, 1.807) is 6.07 Å². The number of anilines is 1. The molecule has 0 unspecified atom stereocenters. The maximum absolute atomic E-state index is 13.4. The van der Waals surface area contributed by atoms with Gasteiger partial charge in [-0.3, -0.25) is 19.4 Å². The Morgan fingerprint density at radius 1 is 0.783 bits per heavy atom. The third-order valence-electron chi connectivity index (χ3n) is 7.08. The Balaban J connectivity index is 1.46. The van der Waals surface area contributed by atoms with Crippen LogP contribution in [0.3, 0.4) is 0 Å². The van der Waals surface area contributed by atoms with Crippen molar-refractivity contribution < 1.29 is 42.9 Å². The van der Waals surface area contributed by atoms with Crippen molar-refractivity contribution in [3.05, 3.63) is 49.2 Å². The highest BCUT2D eigenvalue weighted by molar-refractivity contribution is 14.1. The second-order valence-corrected chi connectivity index (χ2v) is 14.8. The van der Waals surface area contributed by atoms with Gasteiger partial charge >= 0.3 is 17.9 Å². The Kier molecular flexibility index (Phi) is 15.4. The van der Waals surface area contributed by atoms with Crippen LogP contribution >= 0.6 is 90.4 Å². The van der Waals surface area contributed by atoms with Crippen LogP contribution in [-0.4, -0.2) is 113 Å². The first-order valence-electron chi connectivity index (χ1n) is 14.5. The normalized spacial score (nSPS) is 15.7. The van der Waals surface area contributed by atoms with Gasteiger partial charge in [-0.15, -0.1) is 0 Å². The Labute approximate surface area is 321 Å². The van der Waals surface area contributed by atoms with Crippen molar-refractivity contribution in [3.8, 4) is 5.75 Å². The summed E-state index contributed by atoms with van der Waals surface area (Å²) in [5.74, 6) is -1.82. The van der Waals surface area contributed by atoms with Gasteiger partial charge in [0.15, 0.2) is 0 Å². The van der Waals surface area contributed by atoms with E-state index in [1.807, 2.05) is 28.7 Å². The molecule has 2 fully saturated rings. The molecular weight excluding hydrogens is 1050 g/mol. The number of carbonyl (C=O) groups is 4. The van der Waals surface area contributed by atoms with Gasteiger partial charge in [-0.05, 0) is 114 Å². The summed E-state index contributed by atoms with van der Waals surface area (Å²) >= 11 is 8.26. The quantitative estimate of drug-likeness (QED) is 0.187. The zero-order valence-corrected chi connectivity index (χ0v) is 33.6. The lowest BCUT2D eigenvalue weighted by atomic mass is 10.1. The first-order chi connectivity index (χ1) is 22.0. The van der Waals surface area contributed by atoms with Crippen LogP contribution in [0.1, 0.15) is 33.2 Å². The predicted octanol–water partition coefficient (Wildman–Crippen LogP) is 4.19. The summed E-state index contributed by atoms with van der Waals surface area (Å²) in [6.45, 7) is 8.63. The molecule has 0 atom stereocenters. The fourth-order valence-electron chi connectivity index (χ4n) is 4.72. The number of carbonyl (C=O) groups excluding carboxylic acids is 4. The molecule has 2 aliphatic heterocycles. The maximum atomic E-state index is 13.4. The minimum atomic E-state index is -0.585. The van der Waals surface area contributed by atoms with Crippen LogP contribution in [0.2, 0.25) is 0 Å². The van der Waals surface area contributed by atoms with E-state index in [4.69, 9.17) is 23.7 Å². The largest absolute Gasteiger partial charge is 0.461 e. The second kappa shape index (κ2) is 18.7. The highest BCUT2D eigenvalue weighted by atomic mass is 127. The number of hydrogen-bond donors (Lipinski definition) is 1. The van der Waals surface area contributed by atoms with Crippen molar-refractivity contribution in [1.29, 1.82) is 0 Å². The standard InChI is InChI=1S/C30H33I4N3O9/c1-18(38)46-23-15-20(29(40)44-12-6-36-2-8-42-9-3-36)14-19(26(23)33)16-24(39)35-28-22(32)17-21(31)25(27(28)34)30(41)45-13-7-37-4-10-43-11-5-37/h14-15,17H,2-13,16H2,1H3,(H,35,39). The molecule has 250 valence electrons. The van der Waals surface area contributed by atoms with Gasteiger partial charge in [-0.25, -0.2) is 9.59 Å². The Morgan fingerprint density at radius 3 is 1.91 bits per heavy atom. The minimum Gasteiger partial charge on any atom is -0.461 e. The number of nitrogens with one attached hydrogen (secondary N) is 1. The van der Waals surface area contributed by atoms with Crippen LogP contribution in [0.15, 0.2) is 18.2 Å². The molecule has 1 amide bonds. The number of ether oxygens (including phenoxy) is 5. The predicted molar refractivity (Wildman–Crippen MR) is 202 cm³/mol. The van der Waals surface area contributed by atoms with Gasteiger partial charge in [-0.1, -0.05) is 0 Å². The summed E-state index contributed by atoms with van der Waals surface area (Å²) in [4.78, 5) is 55.7. The minimum absolute atomic E-state index is 0.126. The monoisotopic (exact) mass is 1090 g/mol. The molecule has 0 bridgehead atoms.